The highest BCUT2D eigenvalue weighted by Gasteiger charge is 2.31. The fourth-order valence-corrected chi connectivity index (χ4v) is 1.71. The lowest BCUT2D eigenvalue weighted by atomic mass is 10.1. The van der Waals surface area contributed by atoms with E-state index < -0.39 is 16.8 Å². The summed E-state index contributed by atoms with van der Waals surface area (Å²) in [7, 11) is 0. The van der Waals surface area contributed by atoms with Crippen molar-refractivity contribution in [2.75, 3.05) is 18.0 Å². The van der Waals surface area contributed by atoms with E-state index in [-0.39, 0.29) is 36.3 Å². The minimum Gasteiger partial charge on any atom is -0.389 e. The second-order valence-corrected chi connectivity index (χ2v) is 3.80. The van der Waals surface area contributed by atoms with Gasteiger partial charge in [0.1, 0.15) is 11.5 Å². The number of hydrogen-bond acceptors (Lipinski definition) is 5. The van der Waals surface area contributed by atoms with E-state index in [1.807, 2.05) is 0 Å². The van der Waals surface area contributed by atoms with Crippen LogP contribution >= 0.6 is 0 Å². The van der Waals surface area contributed by atoms with E-state index in [9.17, 15) is 19.3 Å². The minimum absolute atomic E-state index is 0.0865. The van der Waals surface area contributed by atoms with E-state index in [2.05, 4.69) is 0 Å². The van der Waals surface area contributed by atoms with E-state index in [1.165, 1.54) is 4.90 Å². The highest BCUT2D eigenvalue weighted by molar-refractivity contribution is 5.80. The summed E-state index contributed by atoms with van der Waals surface area (Å²) in [5.41, 5.74) is -0.592. The topological polar surface area (TPSA) is 83.7 Å². The molecule has 1 aliphatic heterocycles. The zero-order valence-corrected chi connectivity index (χ0v) is 8.67. The van der Waals surface area contributed by atoms with Gasteiger partial charge in [0.15, 0.2) is 6.29 Å². The first-order valence-electron chi connectivity index (χ1n) is 4.89. The molecule has 1 aromatic carbocycles. The van der Waals surface area contributed by atoms with Gasteiger partial charge in [0.05, 0.1) is 16.6 Å². The van der Waals surface area contributed by atoms with Crippen LogP contribution in [0.4, 0.5) is 15.8 Å². The van der Waals surface area contributed by atoms with Gasteiger partial charge in [-0.25, -0.2) is 4.39 Å². The number of rotatable bonds is 3. The molecule has 7 heteroatoms. The normalized spacial score (nSPS) is 15.5. The number of halogens is 1. The summed E-state index contributed by atoms with van der Waals surface area (Å²) in [5.74, 6) is -0.804. The molecule has 1 N–H and O–H groups in total. The maximum atomic E-state index is 13.4. The van der Waals surface area contributed by atoms with Crippen molar-refractivity contribution >= 4 is 17.7 Å². The molecule has 1 saturated heterocycles. The first-order chi connectivity index (χ1) is 8.02. The van der Waals surface area contributed by atoms with E-state index in [0.29, 0.717) is 0 Å². The quantitative estimate of drug-likeness (QED) is 0.478. The number of carbonyl (C=O) groups is 1. The summed E-state index contributed by atoms with van der Waals surface area (Å²) in [4.78, 5) is 22.1. The number of nitro benzene ring substituents is 1. The summed E-state index contributed by atoms with van der Waals surface area (Å²) in [6.07, 6.45) is -0.319. The number of carbonyl (C=O) groups excluding carboxylic acids is 1. The van der Waals surface area contributed by atoms with Crippen molar-refractivity contribution in [3.63, 3.8) is 0 Å². The molecule has 17 heavy (non-hydrogen) atoms. The number of aliphatic hydroxyl groups excluding tert-OH is 1. The zero-order valence-electron chi connectivity index (χ0n) is 8.67. The van der Waals surface area contributed by atoms with Gasteiger partial charge in [-0.1, -0.05) is 0 Å². The Kier molecular flexibility index (Phi) is 2.76. The van der Waals surface area contributed by atoms with Crippen LogP contribution in [-0.2, 0) is 0 Å². The number of β-amino-alcohol motifs (C(OH)–C–C–N with tert-alkyl or cyclic N) is 1. The van der Waals surface area contributed by atoms with Gasteiger partial charge in [-0.2, -0.15) is 0 Å². The first kappa shape index (κ1) is 11.5. The fraction of sp³-hybridized carbons (Fsp3) is 0.300. The molecule has 0 atom stereocenters. The SMILES string of the molecule is O=Cc1cc([N+](=O)[O-])c(N2CC(O)C2)cc1F. The van der Waals surface area contributed by atoms with Crippen molar-refractivity contribution in [2.45, 2.75) is 6.10 Å². The Hall–Kier alpha value is -2.02. The van der Waals surface area contributed by atoms with Crippen molar-refractivity contribution < 1.29 is 19.2 Å². The molecular formula is C10H9FN2O4. The second-order valence-electron chi connectivity index (χ2n) is 3.80. The fourth-order valence-electron chi connectivity index (χ4n) is 1.71. The van der Waals surface area contributed by atoms with Crippen LogP contribution in [0.25, 0.3) is 0 Å². The molecule has 0 saturated carbocycles. The molecule has 90 valence electrons. The number of hydrogen-bond donors (Lipinski definition) is 1. The summed E-state index contributed by atoms with van der Waals surface area (Å²) < 4.78 is 13.4. The Balaban J connectivity index is 2.46. The van der Waals surface area contributed by atoms with Crippen LogP contribution in [0.1, 0.15) is 10.4 Å². The van der Waals surface area contributed by atoms with Gasteiger partial charge >= 0.3 is 0 Å². The van der Waals surface area contributed by atoms with Crippen LogP contribution < -0.4 is 4.90 Å². The predicted octanol–water partition coefficient (Wildman–Crippen LogP) is 0.727. The van der Waals surface area contributed by atoms with Crippen molar-refractivity contribution in [3.05, 3.63) is 33.6 Å². The molecule has 1 aromatic rings. The average molecular weight is 240 g/mol. The van der Waals surface area contributed by atoms with Gasteiger partial charge in [-0.05, 0) is 0 Å². The number of aliphatic hydroxyl groups is 1. The predicted molar refractivity (Wildman–Crippen MR) is 56.7 cm³/mol. The van der Waals surface area contributed by atoms with E-state index >= 15 is 0 Å². The van der Waals surface area contributed by atoms with Crippen molar-refractivity contribution in [3.8, 4) is 0 Å². The molecule has 0 aliphatic carbocycles. The van der Waals surface area contributed by atoms with E-state index in [0.717, 1.165) is 12.1 Å². The van der Waals surface area contributed by atoms with Crippen LogP contribution in [0.3, 0.4) is 0 Å². The summed E-state index contributed by atoms with van der Waals surface area (Å²) in [5, 5.41) is 19.9. The number of aldehydes is 1. The van der Waals surface area contributed by atoms with Gasteiger partial charge in [-0.3, -0.25) is 14.9 Å². The highest BCUT2D eigenvalue weighted by atomic mass is 19.1. The smallest absolute Gasteiger partial charge is 0.293 e. The average Bonchev–Trinajstić information content (AvgIpc) is 2.24. The molecule has 2 rings (SSSR count). The first-order valence-corrected chi connectivity index (χ1v) is 4.89. The molecule has 0 bridgehead atoms. The molecule has 0 radical (unpaired) electrons. The van der Waals surface area contributed by atoms with Gasteiger partial charge in [-0.15, -0.1) is 0 Å². The van der Waals surface area contributed by atoms with Crippen molar-refractivity contribution in [1.29, 1.82) is 0 Å². The number of nitrogens with zero attached hydrogens (tertiary/aromatic N) is 2. The molecule has 0 unspecified atom stereocenters. The third kappa shape index (κ3) is 1.96. The van der Waals surface area contributed by atoms with Gasteiger partial charge < -0.3 is 10.0 Å². The van der Waals surface area contributed by atoms with Crippen LogP contribution in [0.5, 0.6) is 0 Å². The Bertz CT molecular complexity index is 485. The second kappa shape index (κ2) is 4.10. The van der Waals surface area contributed by atoms with Gasteiger partial charge in [0, 0.05) is 25.2 Å². The summed E-state index contributed by atoms with van der Waals surface area (Å²) >= 11 is 0. The Morgan fingerprint density at radius 1 is 1.53 bits per heavy atom. The molecule has 6 nitrogen and oxygen atoms in total. The van der Waals surface area contributed by atoms with Crippen LogP contribution in [0.15, 0.2) is 12.1 Å². The van der Waals surface area contributed by atoms with Crippen LogP contribution in [-0.4, -0.2) is 35.5 Å². The van der Waals surface area contributed by atoms with Crippen molar-refractivity contribution in [1.82, 2.24) is 0 Å². The molecular weight excluding hydrogens is 231 g/mol. The lowest BCUT2D eigenvalue weighted by Crippen LogP contribution is -2.51. The summed E-state index contributed by atoms with van der Waals surface area (Å²) in [6, 6.07) is 1.86. The third-order valence-electron chi connectivity index (χ3n) is 2.62. The van der Waals surface area contributed by atoms with Crippen LogP contribution in [0.2, 0.25) is 0 Å². The maximum Gasteiger partial charge on any atom is 0.293 e. The van der Waals surface area contributed by atoms with E-state index in [1.54, 1.807) is 0 Å². The molecule has 0 spiro atoms. The Morgan fingerprint density at radius 3 is 2.65 bits per heavy atom. The summed E-state index contributed by atoms with van der Waals surface area (Å²) in [6.45, 7) is 0.446. The number of nitro groups is 1. The largest absolute Gasteiger partial charge is 0.389 e. The van der Waals surface area contributed by atoms with Crippen molar-refractivity contribution in [2.24, 2.45) is 0 Å². The molecule has 1 fully saturated rings. The zero-order chi connectivity index (χ0) is 12.6. The maximum absolute atomic E-state index is 13.4. The minimum atomic E-state index is -0.804. The standard InChI is InChI=1S/C10H9FN2O4/c11-8-2-9(12-3-7(15)4-12)10(13(16)17)1-6(8)5-14/h1-2,5,7,15H,3-4H2. The van der Waals surface area contributed by atoms with Crippen LogP contribution in [0, 0.1) is 15.9 Å². The third-order valence-corrected chi connectivity index (χ3v) is 2.62. The molecule has 1 heterocycles. The monoisotopic (exact) mass is 240 g/mol. The lowest BCUT2D eigenvalue weighted by molar-refractivity contribution is -0.384. The Morgan fingerprint density at radius 2 is 2.18 bits per heavy atom. The molecule has 1 aliphatic rings. The molecule has 0 aromatic heterocycles. The highest BCUT2D eigenvalue weighted by Crippen LogP contribution is 2.33. The molecule has 0 amide bonds. The van der Waals surface area contributed by atoms with Gasteiger partial charge in [0.2, 0.25) is 0 Å². The number of anilines is 1. The van der Waals surface area contributed by atoms with E-state index in [4.69, 9.17) is 5.11 Å². The Labute approximate surface area is 95.4 Å². The van der Waals surface area contributed by atoms with Gasteiger partial charge in [0.25, 0.3) is 5.69 Å². The number of benzene rings is 1. The lowest BCUT2D eigenvalue weighted by Gasteiger charge is -2.37.